The van der Waals surface area contributed by atoms with Gasteiger partial charge in [-0.05, 0) is 19.1 Å². The third-order valence-corrected chi connectivity index (χ3v) is 3.15. The van der Waals surface area contributed by atoms with Crippen LogP contribution in [-0.2, 0) is 9.53 Å². The molecule has 1 aliphatic rings. The molecule has 1 aliphatic heterocycles. The lowest BCUT2D eigenvalue weighted by Gasteiger charge is -2.17. The van der Waals surface area contributed by atoms with E-state index >= 15 is 0 Å². The van der Waals surface area contributed by atoms with Crippen molar-refractivity contribution in [3.05, 3.63) is 29.8 Å². The Labute approximate surface area is 116 Å². The summed E-state index contributed by atoms with van der Waals surface area (Å²) in [5, 5.41) is 11.8. The van der Waals surface area contributed by atoms with Crippen molar-refractivity contribution in [2.24, 2.45) is 5.92 Å². The van der Waals surface area contributed by atoms with Gasteiger partial charge in [0, 0.05) is 0 Å². The Bertz CT molecular complexity index is 502. The predicted molar refractivity (Wildman–Crippen MR) is 70.8 cm³/mol. The SMILES string of the molecule is CCOc1ccccc1C(=O)NC1COCC1C(=O)O. The topological polar surface area (TPSA) is 84.9 Å². The molecule has 0 bridgehead atoms. The van der Waals surface area contributed by atoms with Crippen molar-refractivity contribution < 1.29 is 24.2 Å². The van der Waals surface area contributed by atoms with E-state index in [0.29, 0.717) is 17.9 Å². The van der Waals surface area contributed by atoms with Crippen molar-refractivity contribution >= 4 is 11.9 Å². The molecule has 0 radical (unpaired) electrons. The number of nitrogens with one attached hydrogen (secondary N) is 1. The summed E-state index contributed by atoms with van der Waals surface area (Å²) in [4.78, 5) is 23.3. The van der Waals surface area contributed by atoms with E-state index in [9.17, 15) is 9.59 Å². The first kappa shape index (κ1) is 14.3. The summed E-state index contributed by atoms with van der Waals surface area (Å²) in [6, 6.07) is 6.34. The molecule has 1 aromatic rings. The van der Waals surface area contributed by atoms with Crippen molar-refractivity contribution in [2.75, 3.05) is 19.8 Å². The summed E-state index contributed by atoms with van der Waals surface area (Å²) in [6.45, 7) is 2.61. The van der Waals surface area contributed by atoms with Crippen molar-refractivity contribution in [3.63, 3.8) is 0 Å². The lowest BCUT2D eigenvalue weighted by Crippen LogP contribution is -2.42. The maximum absolute atomic E-state index is 12.2. The largest absolute Gasteiger partial charge is 0.493 e. The van der Waals surface area contributed by atoms with E-state index < -0.39 is 17.9 Å². The first-order valence-electron chi connectivity index (χ1n) is 6.46. The number of benzene rings is 1. The first-order chi connectivity index (χ1) is 9.63. The minimum absolute atomic E-state index is 0.118. The third-order valence-electron chi connectivity index (χ3n) is 3.15. The molecule has 1 aromatic carbocycles. The van der Waals surface area contributed by atoms with Crippen molar-refractivity contribution in [1.29, 1.82) is 0 Å². The molecule has 2 rings (SSSR count). The summed E-state index contributed by atoms with van der Waals surface area (Å²) < 4.78 is 10.5. The molecule has 6 nitrogen and oxygen atoms in total. The number of carbonyl (C=O) groups is 2. The van der Waals surface area contributed by atoms with Crippen LogP contribution in [0, 0.1) is 5.92 Å². The molecule has 6 heteroatoms. The van der Waals surface area contributed by atoms with Crippen LogP contribution in [0.1, 0.15) is 17.3 Å². The Kier molecular flexibility index (Phi) is 4.57. The van der Waals surface area contributed by atoms with Crippen LogP contribution in [0.4, 0.5) is 0 Å². The van der Waals surface area contributed by atoms with Gasteiger partial charge in [-0.25, -0.2) is 0 Å². The second-order valence-corrected chi connectivity index (χ2v) is 4.49. The van der Waals surface area contributed by atoms with Crippen molar-refractivity contribution in [3.8, 4) is 5.75 Å². The second kappa shape index (κ2) is 6.38. The molecule has 0 spiro atoms. The van der Waals surface area contributed by atoms with Gasteiger partial charge in [0.1, 0.15) is 11.7 Å². The minimum atomic E-state index is -0.967. The molecule has 108 valence electrons. The molecular weight excluding hydrogens is 262 g/mol. The highest BCUT2D eigenvalue weighted by Crippen LogP contribution is 2.20. The van der Waals surface area contributed by atoms with Crippen LogP contribution < -0.4 is 10.1 Å². The number of aliphatic carboxylic acids is 1. The van der Waals surface area contributed by atoms with E-state index in [2.05, 4.69) is 5.32 Å². The van der Waals surface area contributed by atoms with Gasteiger partial charge in [-0.3, -0.25) is 9.59 Å². The minimum Gasteiger partial charge on any atom is -0.493 e. The highest BCUT2D eigenvalue weighted by atomic mass is 16.5. The van der Waals surface area contributed by atoms with Gasteiger partial charge in [-0.2, -0.15) is 0 Å². The van der Waals surface area contributed by atoms with Gasteiger partial charge in [0.25, 0.3) is 5.91 Å². The van der Waals surface area contributed by atoms with E-state index in [4.69, 9.17) is 14.6 Å². The Hall–Kier alpha value is -2.08. The molecule has 2 N–H and O–H groups in total. The van der Waals surface area contributed by atoms with Crippen LogP contribution in [0.3, 0.4) is 0 Å². The Balaban J connectivity index is 2.10. The van der Waals surface area contributed by atoms with Gasteiger partial charge in [-0.1, -0.05) is 12.1 Å². The Morgan fingerprint density at radius 3 is 2.85 bits per heavy atom. The number of hydrogen-bond acceptors (Lipinski definition) is 4. The number of carboxylic acid groups (broad SMARTS) is 1. The third kappa shape index (κ3) is 3.08. The molecule has 1 heterocycles. The van der Waals surface area contributed by atoms with Gasteiger partial charge in [0.05, 0.1) is 31.4 Å². The summed E-state index contributed by atoms with van der Waals surface area (Å²) in [5.74, 6) is -1.54. The highest BCUT2D eigenvalue weighted by molar-refractivity contribution is 5.97. The van der Waals surface area contributed by atoms with Gasteiger partial charge in [0.15, 0.2) is 0 Å². The van der Waals surface area contributed by atoms with Gasteiger partial charge < -0.3 is 19.9 Å². The van der Waals surface area contributed by atoms with Crippen molar-refractivity contribution in [1.82, 2.24) is 5.32 Å². The number of hydrogen-bond donors (Lipinski definition) is 2. The van der Waals surface area contributed by atoms with E-state index in [1.165, 1.54) is 0 Å². The molecular formula is C14H17NO5. The molecule has 2 unspecified atom stereocenters. The lowest BCUT2D eigenvalue weighted by atomic mass is 10.0. The van der Waals surface area contributed by atoms with Gasteiger partial charge in [0.2, 0.25) is 0 Å². The van der Waals surface area contributed by atoms with Gasteiger partial charge >= 0.3 is 5.97 Å². The smallest absolute Gasteiger partial charge is 0.311 e. The quantitative estimate of drug-likeness (QED) is 0.837. The number of carbonyl (C=O) groups excluding carboxylic acids is 1. The molecule has 1 fully saturated rings. The fourth-order valence-corrected chi connectivity index (χ4v) is 2.12. The van der Waals surface area contributed by atoms with E-state index in [1.54, 1.807) is 24.3 Å². The molecule has 2 atom stereocenters. The number of rotatable bonds is 5. The zero-order valence-electron chi connectivity index (χ0n) is 11.2. The summed E-state index contributed by atoms with van der Waals surface area (Å²) in [5.41, 5.74) is 0.394. The Morgan fingerprint density at radius 2 is 2.15 bits per heavy atom. The van der Waals surface area contributed by atoms with Crippen molar-refractivity contribution in [2.45, 2.75) is 13.0 Å². The van der Waals surface area contributed by atoms with E-state index in [-0.39, 0.29) is 19.1 Å². The second-order valence-electron chi connectivity index (χ2n) is 4.49. The molecule has 1 saturated heterocycles. The number of ether oxygens (including phenoxy) is 2. The van der Waals surface area contributed by atoms with Crippen LogP contribution in [-0.4, -0.2) is 42.8 Å². The van der Waals surface area contributed by atoms with Gasteiger partial charge in [-0.15, -0.1) is 0 Å². The summed E-state index contributed by atoms with van der Waals surface area (Å²) in [6.07, 6.45) is 0. The highest BCUT2D eigenvalue weighted by Gasteiger charge is 2.35. The maximum Gasteiger partial charge on any atom is 0.311 e. The van der Waals surface area contributed by atoms with Crippen LogP contribution in [0.5, 0.6) is 5.75 Å². The van der Waals surface area contributed by atoms with Crippen LogP contribution in [0.15, 0.2) is 24.3 Å². The number of para-hydroxylation sites is 1. The number of carboxylic acids is 1. The summed E-state index contributed by atoms with van der Waals surface area (Å²) in [7, 11) is 0. The average molecular weight is 279 g/mol. The normalized spacial score (nSPS) is 21.4. The molecule has 20 heavy (non-hydrogen) atoms. The van der Waals surface area contributed by atoms with Crippen LogP contribution in [0.2, 0.25) is 0 Å². The molecule has 1 amide bonds. The standard InChI is InChI=1S/C14H17NO5/c1-2-20-12-6-4-3-5-9(12)13(16)15-11-8-19-7-10(11)14(17)18/h3-6,10-11H,2,7-8H2,1H3,(H,15,16)(H,17,18). The number of amides is 1. The fourth-order valence-electron chi connectivity index (χ4n) is 2.12. The zero-order valence-corrected chi connectivity index (χ0v) is 11.2. The molecule has 0 aromatic heterocycles. The zero-order chi connectivity index (χ0) is 14.5. The average Bonchev–Trinajstić information content (AvgIpc) is 2.88. The Morgan fingerprint density at radius 1 is 1.40 bits per heavy atom. The lowest BCUT2D eigenvalue weighted by molar-refractivity contribution is -0.142. The first-order valence-corrected chi connectivity index (χ1v) is 6.46. The molecule has 0 aliphatic carbocycles. The van der Waals surface area contributed by atoms with E-state index in [0.717, 1.165) is 0 Å². The van der Waals surface area contributed by atoms with Crippen LogP contribution >= 0.6 is 0 Å². The predicted octanol–water partition coefficient (Wildman–Crippen LogP) is 0.915. The molecule has 0 saturated carbocycles. The van der Waals surface area contributed by atoms with E-state index in [1.807, 2.05) is 6.92 Å². The summed E-state index contributed by atoms with van der Waals surface area (Å²) >= 11 is 0. The fraction of sp³-hybridized carbons (Fsp3) is 0.429. The van der Waals surface area contributed by atoms with Crippen LogP contribution in [0.25, 0.3) is 0 Å². The monoisotopic (exact) mass is 279 g/mol. The maximum atomic E-state index is 12.2.